The maximum absolute atomic E-state index is 12.1. The van der Waals surface area contributed by atoms with Gasteiger partial charge < -0.3 is 10.2 Å². The van der Waals surface area contributed by atoms with Crippen LogP contribution in [0.5, 0.6) is 0 Å². The SMILES string of the molecule is CCC(C)CC(=O)N1C(C)CNCC1C. The molecule has 1 aliphatic heterocycles. The van der Waals surface area contributed by atoms with Crippen molar-refractivity contribution < 1.29 is 4.79 Å². The van der Waals surface area contributed by atoms with Crippen molar-refractivity contribution in [2.75, 3.05) is 13.1 Å². The maximum Gasteiger partial charge on any atom is 0.223 e. The average molecular weight is 212 g/mol. The molecule has 3 unspecified atom stereocenters. The first kappa shape index (κ1) is 12.5. The number of nitrogens with zero attached hydrogens (tertiary/aromatic N) is 1. The zero-order valence-corrected chi connectivity index (χ0v) is 10.4. The summed E-state index contributed by atoms with van der Waals surface area (Å²) in [7, 11) is 0. The molecule has 0 aromatic carbocycles. The fraction of sp³-hybridized carbons (Fsp3) is 0.917. The molecule has 1 aliphatic rings. The van der Waals surface area contributed by atoms with E-state index in [1.807, 2.05) is 0 Å². The van der Waals surface area contributed by atoms with Gasteiger partial charge in [-0.25, -0.2) is 0 Å². The number of hydrogen-bond acceptors (Lipinski definition) is 2. The topological polar surface area (TPSA) is 32.3 Å². The monoisotopic (exact) mass is 212 g/mol. The fourth-order valence-corrected chi connectivity index (χ4v) is 2.17. The van der Waals surface area contributed by atoms with Gasteiger partial charge in [-0.1, -0.05) is 20.3 Å². The standard InChI is InChI=1S/C12H24N2O/c1-5-9(2)6-12(15)14-10(3)7-13-8-11(14)4/h9-11,13H,5-8H2,1-4H3. The molecule has 1 saturated heterocycles. The van der Waals surface area contributed by atoms with Gasteiger partial charge >= 0.3 is 0 Å². The Morgan fingerprint density at radius 3 is 2.40 bits per heavy atom. The van der Waals surface area contributed by atoms with E-state index in [0.29, 0.717) is 30.3 Å². The van der Waals surface area contributed by atoms with Crippen molar-refractivity contribution in [3.63, 3.8) is 0 Å². The lowest BCUT2D eigenvalue weighted by Gasteiger charge is -2.40. The molecule has 0 aliphatic carbocycles. The highest BCUT2D eigenvalue weighted by Gasteiger charge is 2.28. The summed E-state index contributed by atoms with van der Waals surface area (Å²) in [6.45, 7) is 10.4. The van der Waals surface area contributed by atoms with Gasteiger partial charge in [-0.15, -0.1) is 0 Å². The van der Waals surface area contributed by atoms with Crippen LogP contribution in [0.2, 0.25) is 0 Å². The van der Waals surface area contributed by atoms with Crippen molar-refractivity contribution in [1.82, 2.24) is 10.2 Å². The van der Waals surface area contributed by atoms with Gasteiger partial charge in [-0.05, 0) is 19.8 Å². The van der Waals surface area contributed by atoms with Crippen LogP contribution in [-0.2, 0) is 4.79 Å². The van der Waals surface area contributed by atoms with Crippen LogP contribution in [-0.4, -0.2) is 36.0 Å². The van der Waals surface area contributed by atoms with Gasteiger partial charge in [0, 0.05) is 31.6 Å². The predicted octanol–water partition coefficient (Wildman–Crippen LogP) is 1.63. The number of rotatable bonds is 3. The number of carbonyl (C=O) groups is 1. The molecule has 3 nitrogen and oxygen atoms in total. The molecular formula is C12H24N2O. The summed E-state index contributed by atoms with van der Waals surface area (Å²) in [6.07, 6.45) is 1.78. The largest absolute Gasteiger partial charge is 0.335 e. The highest BCUT2D eigenvalue weighted by atomic mass is 16.2. The Morgan fingerprint density at radius 2 is 1.93 bits per heavy atom. The Kier molecular flexibility index (Phi) is 4.58. The third kappa shape index (κ3) is 3.20. The minimum Gasteiger partial charge on any atom is -0.335 e. The first-order chi connectivity index (χ1) is 7.06. The lowest BCUT2D eigenvalue weighted by atomic mass is 10.0. The number of amides is 1. The van der Waals surface area contributed by atoms with Crippen molar-refractivity contribution in [2.45, 2.75) is 52.6 Å². The molecule has 0 saturated carbocycles. The molecule has 0 bridgehead atoms. The van der Waals surface area contributed by atoms with Gasteiger partial charge in [-0.3, -0.25) is 4.79 Å². The summed E-state index contributed by atoms with van der Waals surface area (Å²) in [5.74, 6) is 0.831. The Hall–Kier alpha value is -0.570. The molecule has 15 heavy (non-hydrogen) atoms. The maximum atomic E-state index is 12.1. The highest BCUT2D eigenvalue weighted by molar-refractivity contribution is 5.77. The van der Waals surface area contributed by atoms with Crippen LogP contribution in [0.1, 0.15) is 40.5 Å². The lowest BCUT2D eigenvalue weighted by molar-refractivity contribution is -0.137. The van der Waals surface area contributed by atoms with Crippen LogP contribution in [0.25, 0.3) is 0 Å². The summed E-state index contributed by atoms with van der Waals surface area (Å²) in [4.78, 5) is 14.1. The van der Waals surface area contributed by atoms with Gasteiger partial charge in [0.15, 0.2) is 0 Å². The summed E-state index contributed by atoms with van der Waals surface area (Å²) >= 11 is 0. The first-order valence-electron chi connectivity index (χ1n) is 6.08. The summed E-state index contributed by atoms with van der Waals surface area (Å²) < 4.78 is 0. The summed E-state index contributed by atoms with van der Waals surface area (Å²) in [6, 6.07) is 0.676. The second-order valence-corrected chi connectivity index (χ2v) is 4.87. The molecule has 0 spiro atoms. The van der Waals surface area contributed by atoms with E-state index in [1.54, 1.807) is 0 Å². The number of carbonyl (C=O) groups excluding carboxylic acids is 1. The van der Waals surface area contributed by atoms with Gasteiger partial charge in [0.05, 0.1) is 0 Å². The minimum absolute atomic E-state index is 0.325. The Balaban J connectivity index is 2.55. The van der Waals surface area contributed by atoms with E-state index < -0.39 is 0 Å². The predicted molar refractivity (Wildman–Crippen MR) is 62.7 cm³/mol. The van der Waals surface area contributed by atoms with E-state index in [1.165, 1.54) is 0 Å². The van der Waals surface area contributed by atoms with Crippen LogP contribution in [0, 0.1) is 5.92 Å². The molecule has 1 amide bonds. The normalized spacial score (nSPS) is 28.9. The van der Waals surface area contributed by atoms with E-state index in [4.69, 9.17) is 0 Å². The molecule has 3 heteroatoms. The summed E-state index contributed by atoms with van der Waals surface area (Å²) in [5.41, 5.74) is 0. The van der Waals surface area contributed by atoms with Gasteiger partial charge in [0.2, 0.25) is 5.91 Å². The molecule has 0 radical (unpaired) electrons. The zero-order chi connectivity index (χ0) is 11.4. The van der Waals surface area contributed by atoms with Crippen molar-refractivity contribution in [3.05, 3.63) is 0 Å². The molecule has 88 valence electrons. The number of nitrogens with one attached hydrogen (secondary N) is 1. The Bertz CT molecular complexity index is 208. The van der Waals surface area contributed by atoms with E-state index in [0.717, 1.165) is 19.5 Å². The summed E-state index contributed by atoms with van der Waals surface area (Å²) in [5, 5.41) is 3.34. The third-order valence-corrected chi connectivity index (χ3v) is 3.34. The zero-order valence-electron chi connectivity index (χ0n) is 10.4. The van der Waals surface area contributed by atoms with E-state index in [9.17, 15) is 4.79 Å². The average Bonchev–Trinajstić information content (AvgIpc) is 2.17. The van der Waals surface area contributed by atoms with Crippen LogP contribution in [0.4, 0.5) is 0 Å². The molecule has 0 aromatic heterocycles. The Labute approximate surface area is 93.2 Å². The molecule has 1 fully saturated rings. The van der Waals surface area contributed by atoms with E-state index >= 15 is 0 Å². The number of piperazine rings is 1. The van der Waals surface area contributed by atoms with E-state index in [-0.39, 0.29) is 0 Å². The second-order valence-electron chi connectivity index (χ2n) is 4.87. The van der Waals surface area contributed by atoms with Crippen LogP contribution < -0.4 is 5.32 Å². The minimum atomic E-state index is 0.325. The smallest absolute Gasteiger partial charge is 0.223 e. The molecule has 1 heterocycles. The van der Waals surface area contributed by atoms with Crippen LogP contribution >= 0.6 is 0 Å². The van der Waals surface area contributed by atoms with Crippen LogP contribution in [0.15, 0.2) is 0 Å². The van der Waals surface area contributed by atoms with Crippen molar-refractivity contribution in [2.24, 2.45) is 5.92 Å². The molecule has 0 aromatic rings. The Morgan fingerprint density at radius 1 is 1.40 bits per heavy atom. The third-order valence-electron chi connectivity index (χ3n) is 3.34. The lowest BCUT2D eigenvalue weighted by Crippen LogP contribution is -2.57. The molecule has 3 atom stereocenters. The first-order valence-corrected chi connectivity index (χ1v) is 6.08. The van der Waals surface area contributed by atoms with Gasteiger partial charge in [-0.2, -0.15) is 0 Å². The molecule has 1 rings (SSSR count). The highest BCUT2D eigenvalue weighted by Crippen LogP contribution is 2.15. The number of hydrogen-bond donors (Lipinski definition) is 1. The molecule has 1 N–H and O–H groups in total. The second kappa shape index (κ2) is 5.50. The van der Waals surface area contributed by atoms with E-state index in [2.05, 4.69) is 37.9 Å². The van der Waals surface area contributed by atoms with Crippen molar-refractivity contribution in [3.8, 4) is 0 Å². The van der Waals surface area contributed by atoms with Crippen molar-refractivity contribution in [1.29, 1.82) is 0 Å². The van der Waals surface area contributed by atoms with Crippen LogP contribution in [0.3, 0.4) is 0 Å². The quantitative estimate of drug-likeness (QED) is 0.771. The van der Waals surface area contributed by atoms with Gasteiger partial charge in [0.1, 0.15) is 0 Å². The van der Waals surface area contributed by atoms with Gasteiger partial charge in [0.25, 0.3) is 0 Å². The molecular weight excluding hydrogens is 188 g/mol. The van der Waals surface area contributed by atoms with Crippen molar-refractivity contribution >= 4 is 5.91 Å². The fourth-order valence-electron chi connectivity index (χ4n) is 2.17.